The van der Waals surface area contributed by atoms with E-state index in [9.17, 15) is 0 Å². The zero-order valence-corrected chi connectivity index (χ0v) is 6.45. The molecule has 0 aliphatic heterocycles. The molecule has 0 saturated carbocycles. The molecular formula is C8H12S. The topological polar surface area (TPSA) is 0 Å². The lowest BCUT2D eigenvalue weighted by Gasteiger charge is -2.04. The van der Waals surface area contributed by atoms with Crippen molar-refractivity contribution in [1.82, 2.24) is 0 Å². The molecule has 0 nitrogen and oxygen atoms in total. The molecule has 1 rings (SSSR count). The molecule has 0 aromatic carbocycles. The molecule has 0 fully saturated rings. The smallest absolute Gasteiger partial charge is 0.0627 e. The summed E-state index contributed by atoms with van der Waals surface area (Å²) in [6.45, 7) is 0. The van der Waals surface area contributed by atoms with Gasteiger partial charge in [0.25, 0.3) is 0 Å². The van der Waals surface area contributed by atoms with Gasteiger partial charge in [-0.3, -0.25) is 0 Å². The third-order valence-electron chi connectivity index (χ3n) is 1.55. The molecule has 50 valence electrons. The first-order valence-corrected chi connectivity index (χ1v) is 4.08. The van der Waals surface area contributed by atoms with Crippen LogP contribution in [0.25, 0.3) is 0 Å². The molecule has 0 N–H and O–H groups in total. The Hall–Kier alpha value is -0.0900. The van der Waals surface area contributed by atoms with Gasteiger partial charge in [0.15, 0.2) is 0 Å². The van der Waals surface area contributed by atoms with E-state index in [0.29, 0.717) is 5.25 Å². The molecule has 0 heterocycles. The van der Waals surface area contributed by atoms with Crippen LogP contribution in [0.15, 0.2) is 0 Å². The third kappa shape index (κ3) is 2.81. The van der Waals surface area contributed by atoms with E-state index in [-0.39, 0.29) is 0 Å². The molecule has 1 unspecified atom stereocenters. The molecule has 9 heavy (non-hydrogen) atoms. The highest BCUT2D eigenvalue weighted by Gasteiger charge is 1.99. The molecule has 0 bridgehead atoms. The van der Waals surface area contributed by atoms with Gasteiger partial charge in [-0.05, 0) is 12.8 Å². The van der Waals surface area contributed by atoms with Crippen molar-refractivity contribution in [1.29, 1.82) is 0 Å². The van der Waals surface area contributed by atoms with Gasteiger partial charge in [0.1, 0.15) is 0 Å². The van der Waals surface area contributed by atoms with E-state index in [1.165, 1.54) is 25.7 Å². The fourth-order valence-electron chi connectivity index (χ4n) is 0.990. The number of hydrogen-bond donors (Lipinski definition) is 1. The van der Waals surface area contributed by atoms with Crippen LogP contribution in [0, 0.1) is 11.8 Å². The van der Waals surface area contributed by atoms with Gasteiger partial charge in [-0.1, -0.05) is 18.8 Å². The van der Waals surface area contributed by atoms with Crippen molar-refractivity contribution in [3.05, 3.63) is 0 Å². The molecule has 0 amide bonds. The Morgan fingerprint density at radius 2 is 2.11 bits per heavy atom. The van der Waals surface area contributed by atoms with Gasteiger partial charge < -0.3 is 0 Å². The summed E-state index contributed by atoms with van der Waals surface area (Å²) in [7, 11) is 0. The summed E-state index contributed by atoms with van der Waals surface area (Å²) in [5.74, 6) is 6.21. The van der Waals surface area contributed by atoms with Gasteiger partial charge in [0.2, 0.25) is 0 Å². The van der Waals surface area contributed by atoms with Crippen molar-refractivity contribution >= 4 is 12.6 Å². The van der Waals surface area contributed by atoms with E-state index >= 15 is 0 Å². The Labute approximate surface area is 62.4 Å². The molecule has 0 saturated heterocycles. The standard InChI is InChI=1S/C8H12S/c9-8-6-4-2-1-3-5-7-8/h8-9H,1-4,6H2. The van der Waals surface area contributed by atoms with E-state index in [2.05, 4.69) is 24.5 Å². The first-order chi connectivity index (χ1) is 4.39. The Morgan fingerprint density at radius 3 is 3.00 bits per heavy atom. The highest BCUT2D eigenvalue weighted by atomic mass is 32.1. The second-order valence-corrected chi connectivity index (χ2v) is 3.06. The summed E-state index contributed by atoms with van der Waals surface area (Å²) in [6, 6.07) is 0. The predicted octanol–water partition coefficient (Wildman–Crippen LogP) is 2.25. The van der Waals surface area contributed by atoms with Crippen molar-refractivity contribution in [2.75, 3.05) is 0 Å². The number of hydrogen-bond acceptors (Lipinski definition) is 1. The molecular weight excluding hydrogens is 128 g/mol. The van der Waals surface area contributed by atoms with Crippen LogP contribution in [0.2, 0.25) is 0 Å². The first-order valence-electron chi connectivity index (χ1n) is 3.56. The zero-order valence-electron chi connectivity index (χ0n) is 5.56. The maximum absolute atomic E-state index is 4.30. The lowest BCUT2D eigenvalue weighted by Crippen LogP contribution is -1.96. The summed E-state index contributed by atoms with van der Waals surface area (Å²) >= 11 is 4.30. The fraction of sp³-hybridized carbons (Fsp3) is 0.750. The van der Waals surface area contributed by atoms with E-state index in [1.807, 2.05) is 0 Å². The van der Waals surface area contributed by atoms with Gasteiger partial charge in [-0.2, -0.15) is 12.6 Å². The van der Waals surface area contributed by atoms with Crippen LogP contribution in [-0.4, -0.2) is 5.25 Å². The summed E-state index contributed by atoms with van der Waals surface area (Å²) in [4.78, 5) is 0. The lowest BCUT2D eigenvalue weighted by atomic mass is 10.1. The Bertz CT molecular complexity index is 129. The first kappa shape index (κ1) is 7.02. The third-order valence-corrected chi connectivity index (χ3v) is 1.94. The maximum Gasteiger partial charge on any atom is 0.0627 e. The van der Waals surface area contributed by atoms with Crippen molar-refractivity contribution in [2.45, 2.75) is 37.4 Å². The minimum atomic E-state index is 0.352. The zero-order chi connectivity index (χ0) is 6.53. The quantitative estimate of drug-likeness (QED) is 0.387. The summed E-state index contributed by atoms with van der Waals surface area (Å²) in [5, 5.41) is 0.352. The molecule has 0 aromatic rings. The Morgan fingerprint density at radius 1 is 1.22 bits per heavy atom. The van der Waals surface area contributed by atoms with E-state index in [0.717, 1.165) is 6.42 Å². The second-order valence-electron chi connectivity index (χ2n) is 2.44. The minimum Gasteiger partial charge on any atom is -0.163 e. The van der Waals surface area contributed by atoms with Crippen LogP contribution in [0.3, 0.4) is 0 Å². The average Bonchev–Trinajstić information content (AvgIpc) is 1.79. The van der Waals surface area contributed by atoms with Crippen molar-refractivity contribution in [2.24, 2.45) is 0 Å². The van der Waals surface area contributed by atoms with Crippen LogP contribution in [0.5, 0.6) is 0 Å². The van der Waals surface area contributed by atoms with Crippen LogP contribution < -0.4 is 0 Å². The molecule has 0 spiro atoms. The van der Waals surface area contributed by atoms with Gasteiger partial charge in [-0.25, -0.2) is 0 Å². The van der Waals surface area contributed by atoms with Crippen LogP contribution in [0.4, 0.5) is 0 Å². The SMILES string of the molecule is SC1C#CCCCCC1. The summed E-state index contributed by atoms with van der Waals surface area (Å²) in [6.07, 6.45) is 6.19. The van der Waals surface area contributed by atoms with Gasteiger partial charge in [0, 0.05) is 6.42 Å². The normalized spacial score (nSPS) is 27.4. The summed E-state index contributed by atoms with van der Waals surface area (Å²) < 4.78 is 0. The average molecular weight is 140 g/mol. The number of rotatable bonds is 0. The van der Waals surface area contributed by atoms with Crippen LogP contribution >= 0.6 is 12.6 Å². The van der Waals surface area contributed by atoms with Crippen molar-refractivity contribution < 1.29 is 0 Å². The van der Waals surface area contributed by atoms with Gasteiger partial charge in [0.05, 0.1) is 5.25 Å². The van der Waals surface area contributed by atoms with Crippen molar-refractivity contribution in [3.8, 4) is 11.8 Å². The summed E-state index contributed by atoms with van der Waals surface area (Å²) in [5.41, 5.74) is 0. The van der Waals surface area contributed by atoms with Crippen LogP contribution in [0.1, 0.15) is 32.1 Å². The Kier molecular flexibility index (Phi) is 3.00. The molecule has 0 aromatic heterocycles. The lowest BCUT2D eigenvalue weighted by molar-refractivity contribution is 0.658. The van der Waals surface area contributed by atoms with Crippen molar-refractivity contribution in [3.63, 3.8) is 0 Å². The minimum absolute atomic E-state index is 0.352. The van der Waals surface area contributed by atoms with E-state index < -0.39 is 0 Å². The monoisotopic (exact) mass is 140 g/mol. The Balaban J connectivity index is 2.37. The van der Waals surface area contributed by atoms with E-state index in [4.69, 9.17) is 0 Å². The maximum atomic E-state index is 4.30. The molecule has 1 aliphatic carbocycles. The second kappa shape index (κ2) is 3.85. The van der Waals surface area contributed by atoms with Gasteiger partial charge >= 0.3 is 0 Å². The molecule has 1 aliphatic rings. The number of thiol groups is 1. The highest BCUT2D eigenvalue weighted by molar-refractivity contribution is 7.81. The van der Waals surface area contributed by atoms with Crippen LogP contribution in [-0.2, 0) is 0 Å². The van der Waals surface area contributed by atoms with E-state index in [1.54, 1.807) is 0 Å². The highest BCUT2D eigenvalue weighted by Crippen LogP contribution is 2.11. The molecule has 0 radical (unpaired) electrons. The van der Waals surface area contributed by atoms with Gasteiger partial charge in [-0.15, -0.1) is 5.92 Å². The predicted molar refractivity (Wildman–Crippen MR) is 43.6 cm³/mol. The molecule has 1 atom stereocenters. The largest absolute Gasteiger partial charge is 0.163 e. The molecule has 1 heteroatoms. The fourth-order valence-corrected chi connectivity index (χ4v) is 1.26.